The Kier molecular flexibility index (Phi) is 2.68. The van der Waals surface area contributed by atoms with Crippen LogP contribution in [-0.2, 0) is 0 Å². The highest BCUT2D eigenvalue weighted by atomic mass is 16.5. The predicted octanol–water partition coefficient (Wildman–Crippen LogP) is 1.95. The molecule has 1 aliphatic heterocycles. The molecular formula is C14H12N2O2. The van der Waals surface area contributed by atoms with Crippen LogP contribution in [0.5, 0.6) is 5.75 Å². The van der Waals surface area contributed by atoms with Crippen molar-refractivity contribution in [3.63, 3.8) is 0 Å². The Hall–Kier alpha value is -2.36. The maximum atomic E-state index is 12.0. The van der Waals surface area contributed by atoms with Gasteiger partial charge >= 0.3 is 0 Å². The maximum Gasteiger partial charge on any atom is 0.251 e. The van der Waals surface area contributed by atoms with E-state index in [1.807, 2.05) is 24.3 Å². The fourth-order valence-electron chi connectivity index (χ4n) is 2.03. The Labute approximate surface area is 105 Å². The van der Waals surface area contributed by atoms with Crippen molar-refractivity contribution >= 4 is 5.91 Å². The van der Waals surface area contributed by atoms with Gasteiger partial charge in [0.25, 0.3) is 5.91 Å². The fraction of sp³-hybridized carbons (Fsp3) is 0.143. The second-order valence-corrected chi connectivity index (χ2v) is 4.11. The SMILES string of the molecule is O=C(NC1COc2ccccc21)c1ccncc1. The van der Waals surface area contributed by atoms with Crippen molar-refractivity contribution in [2.45, 2.75) is 6.04 Å². The van der Waals surface area contributed by atoms with Gasteiger partial charge in [-0.05, 0) is 18.2 Å². The van der Waals surface area contributed by atoms with Crippen LogP contribution < -0.4 is 10.1 Å². The van der Waals surface area contributed by atoms with E-state index < -0.39 is 0 Å². The Morgan fingerprint density at radius 2 is 2.00 bits per heavy atom. The van der Waals surface area contributed by atoms with Gasteiger partial charge in [-0.25, -0.2) is 0 Å². The molecule has 0 radical (unpaired) electrons. The van der Waals surface area contributed by atoms with Crippen molar-refractivity contribution in [2.24, 2.45) is 0 Å². The van der Waals surface area contributed by atoms with Crippen LogP contribution in [0, 0.1) is 0 Å². The first-order valence-corrected chi connectivity index (χ1v) is 5.77. The minimum absolute atomic E-state index is 0.0816. The van der Waals surface area contributed by atoms with E-state index in [0.717, 1.165) is 11.3 Å². The molecule has 1 aromatic carbocycles. The van der Waals surface area contributed by atoms with E-state index in [4.69, 9.17) is 4.74 Å². The molecule has 1 unspecified atom stereocenters. The van der Waals surface area contributed by atoms with Gasteiger partial charge in [0.2, 0.25) is 0 Å². The quantitative estimate of drug-likeness (QED) is 0.872. The van der Waals surface area contributed by atoms with Gasteiger partial charge in [0.05, 0.1) is 6.04 Å². The summed E-state index contributed by atoms with van der Waals surface area (Å²) < 4.78 is 5.52. The van der Waals surface area contributed by atoms with Gasteiger partial charge in [0.15, 0.2) is 0 Å². The van der Waals surface area contributed by atoms with Gasteiger partial charge in [-0.2, -0.15) is 0 Å². The van der Waals surface area contributed by atoms with Crippen molar-refractivity contribution in [3.05, 3.63) is 59.9 Å². The lowest BCUT2D eigenvalue weighted by molar-refractivity contribution is 0.0930. The van der Waals surface area contributed by atoms with E-state index in [0.29, 0.717) is 12.2 Å². The molecule has 0 bridgehead atoms. The number of benzene rings is 1. The number of ether oxygens (including phenoxy) is 1. The van der Waals surface area contributed by atoms with Crippen LogP contribution in [0.3, 0.4) is 0 Å². The first-order valence-electron chi connectivity index (χ1n) is 5.77. The largest absolute Gasteiger partial charge is 0.491 e. The number of amides is 1. The summed E-state index contributed by atoms with van der Waals surface area (Å²) in [7, 11) is 0. The van der Waals surface area contributed by atoms with E-state index in [-0.39, 0.29) is 11.9 Å². The third-order valence-electron chi connectivity index (χ3n) is 2.95. The number of hydrogen-bond donors (Lipinski definition) is 1. The lowest BCUT2D eigenvalue weighted by atomic mass is 10.1. The first kappa shape index (κ1) is 10.8. The molecular weight excluding hydrogens is 228 g/mol. The second kappa shape index (κ2) is 4.49. The van der Waals surface area contributed by atoms with Crippen molar-refractivity contribution in [1.29, 1.82) is 0 Å². The number of fused-ring (bicyclic) bond motifs is 1. The highest BCUT2D eigenvalue weighted by molar-refractivity contribution is 5.94. The number of carbonyl (C=O) groups is 1. The van der Waals surface area contributed by atoms with E-state index in [1.165, 1.54) is 0 Å². The van der Waals surface area contributed by atoms with Crippen molar-refractivity contribution in [2.75, 3.05) is 6.61 Å². The van der Waals surface area contributed by atoms with Gasteiger partial charge in [-0.1, -0.05) is 18.2 Å². The Bertz CT molecular complexity index is 569. The molecule has 4 nitrogen and oxygen atoms in total. The molecule has 2 aromatic rings. The molecule has 90 valence electrons. The summed E-state index contributed by atoms with van der Waals surface area (Å²) in [6.45, 7) is 0.482. The molecule has 1 aliphatic rings. The number of para-hydroxylation sites is 1. The molecule has 1 amide bonds. The molecule has 1 atom stereocenters. The minimum Gasteiger partial charge on any atom is -0.491 e. The van der Waals surface area contributed by atoms with Gasteiger partial charge in [0.1, 0.15) is 12.4 Å². The predicted molar refractivity (Wildman–Crippen MR) is 66.4 cm³/mol. The van der Waals surface area contributed by atoms with Crippen LogP contribution in [0.1, 0.15) is 22.0 Å². The van der Waals surface area contributed by atoms with Crippen LogP contribution in [0.25, 0.3) is 0 Å². The third kappa shape index (κ3) is 1.93. The normalized spacial score (nSPS) is 16.8. The first-order chi connectivity index (χ1) is 8.84. The number of carbonyl (C=O) groups excluding carboxylic acids is 1. The molecule has 3 rings (SSSR count). The van der Waals surface area contributed by atoms with Gasteiger partial charge in [0, 0.05) is 23.5 Å². The van der Waals surface area contributed by atoms with Gasteiger partial charge in [-0.3, -0.25) is 9.78 Å². The standard InChI is InChI=1S/C14H12N2O2/c17-14(10-5-7-15-8-6-10)16-12-9-18-13-4-2-1-3-11(12)13/h1-8,12H,9H2,(H,16,17). The average Bonchev–Trinajstić information content (AvgIpc) is 2.83. The highest BCUT2D eigenvalue weighted by Gasteiger charge is 2.25. The number of rotatable bonds is 2. The van der Waals surface area contributed by atoms with Gasteiger partial charge in [-0.15, -0.1) is 0 Å². The lowest BCUT2D eigenvalue weighted by Gasteiger charge is -2.11. The topological polar surface area (TPSA) is 51.2 Å². The molecule has 1 N–H and O–H groups in total. The van der Waals surface area contributed by atoms with E-state index in [9.17, 15) is 4.79 Å². The van der Waals surface area contributed by atoms with Crippen LogP contribution >= 0.6 is 0 Å². The zero-order chi connectivity index (χ0) is 12.4. The molecule has 0 spiro atoms. The Morgan fingerprint density at radius 3 is 2.83 bits per heavy atom. The summed E-state index contributed by atoms with van der Waals surface area (Å²) >= 11 is 0. The molecule has 18 heavy (non-hydrogen) atoms. The van der Waals surface area contributed by atoms with Crippen LogP contribution in [-0.4, -0.2) is 17.5 Å². The summed E-state index contributed by atoms with van der Waals surface area (Å²) in [6, 6.07) is 11.1. The molecule has 0 aliphatic carbocycles. The molecule has 1 aromatic heterocycles. The van der Waals surface area contributed by atoms with Crippen LogP contribution in [0.2, 0.25) is 0 Å². The summed E-state index contributed by atoms with van der Waals surface area (Å²) in [5.41, 5.74) is 1.63. The zero-order valence-corrected chi connectivity index (χ0v) is 9.67. The number of nitrogens with one attached hydrogen (secondary N) is 1. The second-order valence-electron chi connectivity index (χ2n) is 4.11. The molecule has 4 heteroatoms. The van der Waals surface area contributed by atoms with E-state index >= 15 is 0 Å². The average molecular weight is 240 g/mol. The van der Waals surface area contributed by atoms with E-state index in [2.05, 4.69) is 10.3 Å². The number of hydrogen-bond acceptors (Lipinski definition) is 3. The maximum absolute atomic E-state index is 12.0. The smallest absolute Gasteiger partial charge is 0.251 e. The minimum atomic E-state index is -0.109. The summed E-state index contributed by atoms with van der Waals surface area (Å²) in [6.07, 6.45) is 3.21. The van der Waals surface area contributed by atoms with Gasteiger partial charge < -0.3 is 10.1 Å². The van der Waals surface area contributed by atoms with Crippen molar-refractivity contribution in [3.8, 4) is 5.75 Å². The zero-order valence-electron chi connectivity index (χ0n) is 9.67. The summed E-state index contributed by atoms with van der Waals surface area (Å²) in [4.78, 5) is 15.9. The summed E-state index contributed by atoms with van der Waals surface area (Å²) in [5, 5.41) is 2.96. The number of nitrogens with zero attached hydrogens (tertiary/aromatic N) is 1. The number of aromatic nitrogens is 1. The highest BCUT2D eigenvalue weighted by Crippen LogP contribution is 2.31. The lowest BCUT2D eigenvalue weighted by Crippen LogP contribution is -2.29. The molecule has 0 saturated carbocycles. The monoisotopic (exact) mass is 240 g/mol. The number of pyridine rings is 1. The third-order valence-corrected chi connectivity index (χ3v) is 2.95. The van der Waals surface area contributed by atoms with E-state index in [1.54, 1.807) is 24.5 Å². The molecule has 2 heterocycles. The Balaban J connectivity index is 1.77. The van der Waals surface area contributed by atoms with Crippen LogP contribution in [0.4, 0.5) is 0 Å². The molecule has 0 fully saturated rings. The Morgan fingerprint density at radius 1 is 1.22 bits per heavy atom. The van der Waals surface area contributed by atoms with Crippen LogP contribution in [0.15, 0.2) is 48.8 Å². The van der Waals surface area contributed by atoms with Crippen molar-refractivity contribution < 1.29 is 9.53 Å². The summed E-state index contributed by atoms with van der Waals surface area (Å²) in [5.74, 6) is 0.736. The fourth-order valence-corrected chi connectivity index (χ4v) is 2.03. The molecule has 0 saturated heterocycles. The van der Waals surface area contributed by atoms with Crippen molar-refractivity contribution in [1.82, 2.24) is 10.3 Å².